The van der Waals surface area contributed by atoms with E-state index in [-0.39, 0.29) is 11.5 Å². The van der Waals surface area contributed by atoms with Crippen LogP contribution in [0.4, 0.5) is 0 Å². The molecule has 3 atom stereocenters. The average Bonchev–Trinajstić information content (AvgIpc) is 2.55. The summed E-state index contributed by atoms with van der Waals surface area (Å²) >= 11 is 0. The van der Waals surface area contributed by atoms with Crippen molar-refractivity contribution in [3.05, 3.63) is 42.5 Å². The number of carbonyl (C=O) groups excluding carboxylic acids is 2. The molecule has 0 aromatic heterocycles. The first-order valence-corrected chi connectivity index (χ1v) is 8.98. The van der Waals surface area contributed by atoms with Crippen LogP contribution in [-0.2, 0) is 33.8 Å². The molecule has 1 aromatic rings. The molecule has 1 aliphatic heterocycles. The summed E-state index contributed by atoms with van der Waals surface area (Å²) in [6.07, 6.45) is 0.323. The van der Waals surface area contributed by atoms with Gasteiger partial charge in [-0.3, -0.25) is 9.59 Å². The number of hydrogen-bond acceptors (Lipinski definition) is 7. The quantitative estimate of drug-likeness (QED) is 0.582. The van der Waals surface area contributed by atoms with Crippen LogP contribution in [-0.4, -0.2) is 45.4 Å². The minimum atomic E-state index is -3.80. The van der Waals surface area contributed by atoms with Gasteiger partial charge in [0.05, 0.1) is 4.90 Å². The Kier molecular flexibility index (Phi) is 6.29. The third-order valence-corrected chi connectivity index (χ3v) is 4.68. The molecule has 0 aliphatic carbocycles. The van der Waals surface area contributed by atoms with Crippen molar-refractivity contribution in [1.29, 1.82) is 0 Å². The van der Waals surface area contributed by atoms with E-state index >= 15 is 0 Å². The van der Waals surface area contributed by atoms with Crippen LogP contribution >= 0.6 is 0 Å². The highest BCUT2D eigenvalue weighted by Gasteiger charge is 2.32. The number of rotatable bonds is 6. The van der Waals surface area contributed by atoms with E-state index in [2.05, 4.69) is 4.72 Å². The second-order valence-corrected chi connectivity index (χ2v) is 7.00. The number of benzene rings is 1. The van der Waals surface area contributed by atoms with Crippen LogP contribution in [0.5, 0.6) is 0 Å². The summed E-state index contributed by atoms with van der Waals surface area (Å²) in [6, 6.07) is 7.81. The largest absolute Gasteiger partial charge is 0.463 e. The summed E-state index contributed by atoms with van der Waals surface area (Å²) in [4.78, 5) is 22.2. The third kappa shape index (κ3) is 5.66. The molecule has 0 fully saturated rings. The van der Waals surface area contributed by atoms with Gasteiger partial charge in [-0.25, -0.2) is 8.42 Å². The van der Waals surface area contributed by atoms with E-state index in [1.807, 2.05) is 0 Å². The van der Waals surface area contributed by atoms with Crippen LogP contribution in [0.25, 0.3) is 0 Å². The van der Waals surface area contributed by atoms with Gasteiger partial charge in [0.15, 0.2) is 0 Å². The van der Waals surface area contributed by atoms with Gasteiger partial charge >= 0.3 is 11.9 Å². The summed E-state index contributed by atoms with van der Waals surface area (Å²) in [5, 5.41) is 0. The Bertz CT molecular complexity index is 745. The van der Waals surface area contributed by atoms with Gasteiger partial charge in [-0.1, -0.05) is 18.2 Å². The van der Waals surface area contributed by atoms with E-state index in [4.69, 9.17) is 14.2 Å². The normalized spacial score (nSPS) is 23.0. The first kappa shape index (κ1) is 19.1. The van der Waals surface area contributed by atoms with Crippen molar-refractivity contribution in [2.24, 2.45) is 0 Å². The molecule has 0 radical (unpaired) electrons. The summed E-state index contributed by atoms with van der Waals surface area (Å²) in [5.74, 6) is -1.06. The molecule has 9 heteroatoms. The Morgan fingerprint density at radius 3 is 2.40 bits per heavy atom. The van der Waals surface area contributed by atoms with E-state index in [1.165, 1.54) is 38.1 Å². The predicted molar refractivity (Wildman–Crippen MR) is 86.8 cm³/mol. The maximum absolute atomic E-state index is 12.3. The SMILES string of the molecule is CC(=O)OC[C@H]1OC(NS(=O)(=O)c2ccccc2)C=C[C@@H]1OC(C)=O. The molecule has 1 N–H and O–H groups in total. The summed E-state index contributed by atoms with van der Waals surface area (Å²) in [5.41, 5.74) is 0. The van der Waals surface area contributed by atoms with Crippen molar-refractivity contribution in [3.63, 3.8) is 0 Å². The Morgan fingerprint density at radius 1 is 1.12 bits per heavy atom. The molecule has 1 unspecified atom stereocenters. The Balaban J connectivity index is 2.11. The van der Waals surface area contributed by atoms with Crippen molar-refractivity contribution >= 4 is 22.0 Å². The number of ether oxygens (including phenoxy) is 3. The minimum Gasteiger partial charge on any atom is -0.463 e. The van der Waals surface area contributed by atoms with Crippen LogP contribution in [0.15, 0.2) is 47.4 Å². The highest BCUT2D eigenvalue weighted by atomic mass is 32.2. The van der Waals surface area contributed by atoms with Crippen LogP contribution < -0.4 is 4.72 Å². The lowest BCUT2D eigenvalue weighted by atomic mass is 10.1. The number of carbonyl (C=O) groups is 2. The van der Waals surface area contributed by atoms with Gasteiger partial charge in [0.1, 0.15) is 25.0 Å². The Labute approximate surface area is 145 Å². The average molecular weight is 369 g/mol. The molecule has 1 aliphatic rings. The molecular weight excluding hydrogens is 350 g/mol. The fraction of sp³-hybridized carbons (Fsp3) is 0.375. The first-order chi connectivity index (χ1) is 11.8. The van der Waals surface area contributed by atoms with Crippen molar-refractivity contribution < 1.29 is 32.2 Å². The third-order valence-electron chi connectivity index (χ3n) is 3.24. The van der Waals surface area contributed by atoms with Crippen molar-refractivity contribution in [2.45, 2.75) is 37.2 Å². The molecule has 8 nitrogen and oxygen atoms in total. The molecular formula is C16H19NO7S. The molecule has 1 aromatic carbocycles. The lowest BCUT2D eigenvalue weighted by Gasteiger charge is -2.31. The van der Waals surface area contributed by atoms with Gasteiger partial charge in [0.25, 0.3) is 0 Å². The van der Waals surface area contributed by atoms with Crippen LogP contribution in [0.3, 0.4) is 0 Å². The highest BCUT2D eigenvalue weighted by Crippen LogP contribution is 2.18. The van der Waals surface area contributed by atoms with Crippen molar-refractivity contribution in [3.8, 4) is 0 Å². The lowest BCUT2D eigenvalue weighted by molar-refractivity contribution is -0.163. The first-order valence-electron chi connectivity index (χ1n) is 7.49. The fourth-order valence-corrected chi connectivity index (χ4v) is 3.27. The number of nitrogens with one attached hydrogen (secondary N) is 1. The van der Waals surface area contributed by atoms with Gasteiger partial charge in [0, 0.05) is 13.8 Å². The Morgan fingerprint density at radius 2 is 1.80 bits per heavy atom. The van der Waals surface area contributed by atoms with E-state index < -0.39 is 40.4 Å². The summed E-state index contributed by atoms with van der Waals surface area (Å²) in [7, 11) is -3.80. The molecule has 0 saturated heterocycles. The predicted octanol–water partition coefficient (Wildman–Crippen LogP) is 0.741. The zero-order chi connectivity index (χ0) is 18.4. The Hall–Kier alpha value is -2.23. The van der Waals surface area contributed by atoms with Gasteiger partial charge in [-0.05, 0) is 24.3 Å². The number of hydrogen-bond donors (Lipinski definition) is 1. The monoisotopic (exact) mass is 369 g/mol. The second kappa shape index (κ2) is 8.24. The molecule has 0 bridgehead atoms. The molecule has 25 heavy (non-hydrogen) atoms. The molecule has 0 amide bonds. The van der Waals surface area contributed by atoms with Crippen LogP contribution in [0.2, 0.25) is 0 Å². The van der Waals surface area contributed by atoms with Gasteiger partial charge in [-0.15, -0.1) is 0 Å². The molecule has 2 rings (SSSR count). The maximum atomic E-state index is 12.3. The molecule has 136 valence electrons. The zero-order valence-corrected chi connectivity index (χ0v) is 14.6. The van der Waals surface area contributed by atoms with E-state index in [1.54, 1.807) is 18.2 Å². The molecule has 0 spiro atoms. The summed E-state index contributed by atoms with van der Waals surface area (Å²) in [6.45, 7) is 2.29. The highest BCUT2D eigenvalue weighted by molar-refractivity contribution is 7.89. The zero-order valence-electron chi connectivity index (χ0n) is 13.7. The minimum absolute atomic E-state index is 0.0886. The van der Waals surface area contributed by atoms with Crippen LogP contribution in [0.1, 0.15) is 13.8 Å². The standard InChI is InChI=1S/C16H19NO7S/c1-11(18)22-10-15-14(23-12(2)19)8-9-16(24-15)17-25(20,21)13-6-4-3-5-7-13/h3-9,14-17H,10H2,1-2H3/t14-,15+,16?/m0/s1. The van der Waals surface area contributed by atoms with Crippen molar-refractivity contribution in [2.75, 3.05) is 6.61 Å². The van der Waals surface area contributed by atoms with E-state index in [0.29, 0.717) is 0 Å². The summed E-state index contributed by atoms with van der Waals surface area (Å²) < 4.78 is 42.6. The van der Waals surface area contributed by atoms with Gasteiger partial charge in [-0.2, -0.15) is 4.72 Å². The topological polar surface area (TPSA) is 108 Å². The van der Waals surface area contributed by atoms with E-state index in [0.717, 1.165) is 0 Å². The number of esters is 2. The van der Waals surface area contributed by atoms with Gasteiger partial charge < -0.3 is 14.2 Å². The smallest absolute Gasteiger partial charge is 0.303 e. The second-order valence-electron chi connectivity index (χ2n) is 5.29. The van der Waals surface area contributed by atoms with Crippen molar-refractivity contribution in [1.82, 2.24) is 4.72 Å². The molecule has 1 heterocycles. The van der Waals surface area contributed by atoms with Gasteiger partial charge in [0.2, 0.25) is 10.0 Å². The lowest BCUT2D eigenvalue weighted by Crippen LogP contribution is -2.47. The fourth-order valence-electron chi connectivity index (χ4n) is 2.17. The number of sulfonamides is 1. The maximum Gasteiger partial charge on any atom is 0.303 e. The molecule has 0 saturated carbocycles. The van der Waals surface area contributed by atoms with Crippen LogP contribution in [0, 0.1) is 0 Å². The van der Waals surface area contributed by atoms with E-state index in [9.17, 15) is 18.0 Å².